The van der Waals surface area contributed by atoms with Gasteiger partial charge in [-0.1, -0.05) is 0 Å². The predicted molar refractivity (Wildman–Crippen MR) is 99.0 cm³/mol. The Labute approximate surface area is 163 Å². The van der Waals surface area contributed by atoms with Crippen LogP contribution < -0.4 is 10.6 Å². The highest BCUT2D eigenvalue weighted by Crippen LogP contribution is 2.38. The number of alkyl halides is 3. The third kappa shape index (κ3) is 3.78. The SMILES string of the molecule is O=C1CC(CNc2nnc(-c3ccc(C(F)(F)F)cc3O)c3ccncc23)CN1. The number of pyridine rings is 1. The van der Waals surface area contributed by atoms with Crippen molar-refractivity contribution in [1.29, 1.82) is 0 Å². The number of hydrogen-bond acceptors (Lipinski definition) is 6. The maximum absolute atomic E-state index is 12.9. The van der Waals surface area contributed by atoms with Crippen molar-refractivity contribution in [1.82, 2.24) is 20.5 Å². The number of halogens is 3. The van der Waals surface area contributed by atoms with Crippen molar-refractivity contribution in [2.45, 2.75) is 12.6 Å². The van der Waals surface area contributed by atoms with Crippen LogP contribution >= 0.6 is 0 Å². The lowest BCUT2D eigenvalue weighted by Gasteiger charge is -2.14. The van der Waals surface area contributed by atoms with Gasteiger partial charge in [-0.25, -0.2) is 0 Å². The van der Waals surface area contributed by atoms with E-state index in [1.807, 2.05) is 0 Å². The molecule has 150 valence electrons. The molecule has 7 nitrogen and oxygen atoms in total. The molecule has 1 fully saturated rings. The minimum Gasteiger partial charge on any atom is -0.507 e. The van der Waals surface area contributed by atoms with Crippen molar-refractivity contribution in [3.8, 4) is 17.0 Å². The number of amides is 1. The molecule has 10 heteroatoms. The lowest BCUT2D eigenvalue weighted by molar-refractivity contribution is -0.137. The number of fused-ring (bicyclic) bond motifs is 1. The summed E-state index contributed by atoms with van der Waals surface area (Å²) >= 11 is 0. The molecule has 1 aliphatic rings. The van der Waals surface area contributed by atoms with Crippen molar-refractivity contribution in [2.24, 2.45) is 5.92 Å². The van der Waals surface area contributed by atoms with E-state index in [4.69, 9.17) is 0 Å². The van der Waals surface area contributed by atoms with Crippen LogP contribution in [0.3, 0.4) is 0 Å². The molecular weight excluding hydrogens is 387 g/mol. The summed E-state index contributed by atoms with van der Waals surface area (Å²) in [7, 11) is 0. The first kappa shape index (κ1) is 18.9. The Balaban J connectivity index is 1.69. The standard InChI is InChI=1S/C19H16F3N5O2/c20-19(21,22)11-1-2-13(15(28)6-11)17-12-3-4-23-9-14(12)18(27-26-17)25-8-10-5-16(29)24-7-10/h1-4,6,9-10,28H,5,7-8H2,(H,24,29)(H,25,27). The smallest absolute Gasteiger partial charge is 0.416 e. The fourth-order valence-corrected chi connectivity index (χ4v) is 3.29. The normalized spacial score (nSPS) is 16.8. The highest BCUT2D eigenvalue weighted by molar-refractivity contribution is 6.00. The zero-order valence-electron chi connectivity index (χ0n) is 15.0. The van der Waals surface area contributed by atoms with E-state index in [1.54, 1.807) is 12.3 Å². The minimum atomic E-state index is -4.56. The molecule has 1 atom stereocenters. The number of rotatable bonds is 4. The van der Waals surface area contributed by atoms with E-state index in [2.05, 4.69) is 25.8 Å². The maximum Gasteiger partial charge on any atom is 0.416 e. The molecule has 3 N–H and O–H groups in total. The first-order chi connectivity index (χ1) is 13.8. The van der Waals surface area contributed by atoms with Gasteiger partial charge in [0.1, 0.15) is 11.4 Å². The molecule has 4 rings (SSSR count). The number of aromatic hydroxyl groups is 1. The molecule has 0 spiro atoms. The second-order valence-electron chi connectivity index (χ2n) is 6.80. The second-order valence-corrected chi connectivity index (χ2v) is 6.80. The van der Waals surface area contributed by atoms with Crippen LogP contribution in [-0.2, 0) is 11.0 Å². The average molecular weight is 403 g/mol. The Morgan fingerprint density at radius 2 is 2.03 bits per heavy atom. The van der Waals surface area contributed by atoms with Gasteiger partial charge in [-0.05, 0) is 24.3 Å². The largest absolute Gasteiger partial charge is 0.507 e. The van der Waals surface area contributed by atoms with Gasteiger partial charge in [-0.3, -0.25) is 9.78 Å². The van der Waals surface area contributed by atoms with E-state index >= 15 is 0 Å². The van der Waals surface area contributed by atoms with Gasteiger partial charge in [0.2, 0.25) is 5.91 Å². The van der Waals surface area contributed by atoms with Crippen molar-refractivity contribution >= 4 is 22.5 Å². The maximum atomic E-state index is 12.9. The Bertz CT molecular complexity index is 1090. The van der Waals surface area contributed by atoms with Crippen molar-refractivity contribution < 1.29 is 23.1 Å². The molecule has 29 heavy (non-hydrogen) atoms. The summed E-state index contributed by atoms with van der Waals surface area (Å²) in [6, 6.07) is 4.38. The van der Waals surface area contributed by atoms with E-state index in [0.29, 0.717) is 42.2 Å². The molecule has 3 heterocycles. The van der Waals surface area contributed by atoms with E-state index < -0.39 is 17.5 Å². The highest BCUT2D eigenvalue weighted by Gasteiger charge is 2.31. The van der Waals surface area contributed by atoms with Crippen LogP contribution in [0, 0.1) is 5.92 Å². The summed E-state index contributed by atoms with van der Waals surface area (Å²) in [5.41, 5.74) is -0.564. The van der Waals surface area contributed by atoms with Crippen LogP contribution in [0.4, 0.5) is 19.0 Å². The van der Waals surface area contributed by atoms with Crippen LogP contribution in [0.5, 0.6) is 5.75 Å². The minimum absolute atomic E-state index is 0.00235. The summed E-state index contributed by atoms with van der Waals surface area (Å²) in [4.78, 5) is 15.4. The quantitative estimate of drug-likeness (QED) is 0.619. The summed E-state index contributed by atoms with van der Waals surface area (Å²) in [6.45, 7) is 1.08. The Morgan fingerprint density at radius 3 is 2.72 bits per heavy atom. The molecule has 1 amide bonds. The highest BCUT2D eigenvalue weighted by atomic mass is 19.4. The van der Waals surface area contributed by atoms with E-state index in [0.717, 1.165) is 6.07 Å². The lowest BCUT2D eigenvalue weighted by Crippen LogP contribution is -2.18. The summed E-state index contributed by atoms with van der Waals surface area (Å²) in [6.07, 6.45) is -1.04. The summed E-state index contributed by atoms with van der Waals surface area (Å²) < 4.78 is 38.6. The van der Waals surface area contributed by atoms with E-state index in [-0.39, 0.29) is 23.1 Å². The molecule has 0 bridgehead atoms. The van der Waals surface area contributed by atoms with Gasteiger partial charge >= 0.3 is 6.18 Å². The van der Waals surface area contributed by atoms with E-state index in [9.17, 15) is 23.1 Å². The Morgan fingerprint density at radius 1 is 1.21 bits per heavy atom. The van der Waals surface area contributed by atoms with Gasteiger partial charge in [-0.15, -0.1) is 10.2 Å². The number of carbonyl (C=O) groups is 1. The monoisotopic (exact) mass is 403 g/mol. The van der Waals surface area contributed by atoms with Crippen molar-refractivity contribution in [2.75, 3.05) is 18.4 Å². The van der Waals surface area contributed by atoms with Gasteiger partial charge in [-0.2, -0.15) is 13.2 Å². The third-order valence-electron chi connectivity index (χ3n) is 4.78. The molecule has 0 aliphatic carbocycles. The number of phenols is 1. The molecule has 1 aromatic carbocycles. The summed E-state index contributed by atoms with van der Waals surface area (Å²) in [5.74, 6) is 0.0308. The Kier molecular flexibility index (Phi) is 4.69. The number of benzene rings is 1. The molecule has 0 saturated carbocycles. The van der Waals surface area contributed by atoms with Crippen LogP contribution in [0.1, 0.15) is 12.0 Å². The predicted octanol–water partition coefficient (Wildman–Crippen LogP) is 2.96. The molecule has 2 aromatic heterocycles. The molecule has 0 radical (unpaired) electrons. The molecule has 1 aliphatic heterocycles. The van der Waals surface area contributed by atoms with Crippen LogP contribution in [0.2, 0.25) is 0 Å². The lowest BCUT2D eigenvalue weighted by atomic mass is 10.0. The fourth-order valence-electron chi connectivity index (χ4n) is 3.29. The van der Waals surface area contributed by atoms with Gasteiger partial charge in [0.15, 0.2) is 5.82 Å². The van der Waals surface area contributed by atoms with Crippen LogP contribution in [-0.4, -0.2) is 39.3 Å². The van der Waals surface area contributed by atoms with Gasteiger partial charge in [0, 0.05) is 54.2 Å². The van der Waals surface area contributed by atoms with Gasteiger partial charge in [0.25, 0.3) is 0 Å². The number of nitrogens with zero attached hydrogens (tertiary/aromatic N) is 3. The zero-order valence-corrected chi connectivity index (χ0v) is 15.0. The number of hydrogen-bond donors (Lipinski definition) is 3. The van der Waals surface area contributed by atoms with E-state index in [1.165, 1.54) is 12.3 Å². The number of anilines is 1. The second kappa shape index (κ2) is 7.19. The fraction of sp³-hybridized carbons (Fsp3) is 0.263. The van der Waals surface area contributed by atoms with Crippen LogP contribution in [0.15, 0.2) is 36.7 Å². The molecule has 1 saturated heterocycles. The number of carbonyl (C=O) groups excluding carboxylic acids is 1. The third-order valence-corrected chi connectivity index (χ3v) is 4.78. The first-order valence-corrected chi connectivity index (χ1v) is 8.84. The topological polar surface area (TPSA) is 100 Å². The number of phenolic OH excluding ortho intramolecular Hbond substituents is 1. The first-order valence-electron chi connectivity index (χ1n) is 8.84. The average Bonchev–Trinajstić information content (AvgIpc) is 3.11. The molecular formula is C19H16F3N5O2. The zero-order chi connectivity index (χ0) is 20.6. The number of aromatic nitrogens is 3. The van der Waals surface area contributed by atoms with Gasteiger partial charge < -0.3 is 15.7 Å². The Hall–Kier alpha value is -3.43. The summed E-state index contributed by atoms with van der Waals surface area (Å²) in [5, 5.41) is 25.5. The van der Waals surface area contributed by atoms with Crippen LogP contribution in [0.25, 0.3) is 22.0 Å². The van der Waals surface area contributed by atoms with Crippen molar-refractivity contribution in [3.63, 3.8) is 0 Å². The number of nitrogens with one attached hydrogen (secondary N) is 2. The van der Waals surface area contributed by atoms with Crippen molar-refractivity contribution in [3.05, 3.63) is 42.2 Å². The molecule has 1 unspecified atom stereocenters. The molecule has 3 aromatic rings. The van der Waals surface area contributed by atoms with Gasteiger partial charge in [0.05, 0.1) is 5.56 Å².